The molecule has 0 aliphatic heterocycles. The highest BCUT2D eigenvalue weighted by atomic mass is 32.2. The van der Waals surface area contributed by atoms with Crippen molar-refractivity contribution < 1.29 is 9.53 Å². The molecule has 6 heteroatoms. The summed E-state index contributed by atoms with van der Waals surface area (Å²) in [6.45, 7) is 8.32. The number of fused-ring (bicyclic) bond motifs is 1. The summed E-state index contributed by atoms with van der Waals surface area (Å²) < 4.78 is 7.04. The number of thioether (sulfide) groups is 1. The molecule has 0 fully saturated rings. The van der Waals surface area contributed by atoms with Crippen LogP contribution in [0.5, 0.6) is 0 Å². The molecular weight excluding hydrogens is 334 g/mol. The molecule has 3 aromatic rings. The molecule has 0 atom stereocenters. The van der Waals surface area contributed by atoms with E-state index in [1.54, 1.807) is 6.92 Å². The van der Waals surface area contributed by atoms with E-state index in [-0.39, 0.29) is 11.7 Å². The standard InChI is InChI=1S/C19H21N3O2S/c1-5-24-17(23)11-25-19-21-20-14(4)22(19)18-13(3)10-12(2)15-8-6-7-9-16(15)18/h6-10H,5,11H2,1-4H3. The van der Waals surface area contributed by atoms with Crippen molar-refractivity contribution in [1.82, 2.24) is 14.8 Å². The van der Waals surface area contributed by atoms with E-state index in [1.807, 2.05) is 23.6 Å². The van der Waals surface area contributed by atoms with Gasteiger partial charge in [0.1, 0.15) is 5.82 Å². The minimum atomic E-state index is -0.245. The van der Waals surface area contributed by atoms with Gasteiger partial charge >= 0.3 is 5.97 Å². The van der Waals surface area contributed by atoms with Gasteiger partial charge in [-0.15, -0.1) is 10.2 Å². The SMILES string of the molecule is CCOC(=O)CSc1nnc(C)n1-c1c(C)cc(C)c2ccccc12. The topological polar surface area (TPSA) is 57.0 Å². The van der Waals surface area contributed by atoms with Crippen molar-refractivity contribution in [3.63, 3.8) is 0 Å². The Hall–Kier alpha value is -2.34. The Morgan fingerprint density at radius 1 is 1.12 bits per heavy atom. The Labute approximate surface area is 151 Å². The van der Waals surface area contributed by atoms with Crippen LogP contribution in [0.1, 0.15) is 23.9 Å². The molecule has 0 amide bonds. The van der Waals surface area contributed by atoms with Crippen molar-refractivity contribution in [1.29, 1.82) is 0 Å². The fourth-order valence-corrected chi connectivity index (χ4v) is 3.81. The number of nitrogens with zero attached hydrogens (tertiary/aromatic N) is 3. The van der Waals surface area contributed by atoms with Gasteiger partial charge in [0.15, 0.2) is 5.16 Å². The van der Waals surface area contributed by atoms with Crippen LogP contribution >= 0.6 is 11.8 Å². The quantitative estimate of drug-likeness (QED) is 0.511. The average molecular weight is 355 g/mol. The lowest BCUT2D eigenvalue weighted by atomic mass is 9.99. The number of carbonyl (C=O) groups excluding carboxylic acids is 1. The predicted octanol–water partition coefficient (Wildman–Crippen LogP) is 4.00. The fraction of sp³-hybridized carbons (Fsp3) is 0.316. The number of hydrogen-bond acceptors (Lipinski definition) is 5. The third-order valence-corrected chi connectivity index (χ3v) is 4.96. The molecule has 0 spiro atoms. The Kier molecular flexibility index (Phi) is 5.08. The molecule has 0 bridgehead atoms. The van der Waals surface area contributed by atoms with Crippen LogP contribution in [0, 0.1) is 20.8 Å². The van der Waals surface area contributed by atoms with E-state index in [4.69, 9.17) is 4.74 Å². The number of aryl methyl sites for hydroxylation is 3. The average Bonchev–Trinajstić information content (AvgIpc) is 2.94. The lowest BCUT2D eigenvalue weighted by Gasteiger charge is -2.16. The van der Waals surface area contributed by atoms with Crippen molar-refractivity contribution in [2.45, 2.75) is 32.9 Å². The van der Waals surface area contributed by atoms with Crippen molar-refractivity contribution in [3.8, 4) is 5.69 Å². The summed E-state index contributed by atoms with van der Waals surface area (Å²) in [5.41, 5.74) is 3.45. The number of esters is 1. The molecule has 0 saturated heterocycles. The first-order valence-corrected chi connectivity index (χ1v) is 9.21. The van der Waals surface area contributed by atoms with E-state index in [0.29, 0.717) is 11.8 Å². The molecule has 3 rings (SSSR count). The predicted molar refractivity (Wildman–Crippen MR) is 100 cm³/mol. The molecule has 1 aromatic heterocycles. The van der Waals surface area contributed by atoms with Crippen molar-refractivity contribution in [3.05, 3.63) is 47.3 Å². The molecule has 0 saturated carbocycles. The smallest absolute Gasteiger partial charge is 0.316 e. The normalized spacial score (nSPS) is 11.0. The summed E-state index contributed by atoms with van der Waals surface area (Å²) in [7, 11) is 0. The number of aromatic nitrogens is 3. The molecule has 5 nitrogen and oxygen atoms in total. The molecule has 0 N–H and O–H groups in total. The number of rotatable bonds is 5. The summed E-state index contributed by atoms with van der Waals surface area (Å²) in [6, 6.07) is 10.5. The van der Waals surface area contributed by atoms with Gasteiger partial charge in [0.2, 0.25) is 0 Å². The van der Waals surface area contributed by atoms with Crippen LogP contribution in [-0.2, 0) is 9.53 Å². The first kappa shape index (κ1) is 17.5. The number of benzene rings is 2. The van der Waals surface area contributed by atoms with Gasteiger partial charge in [-0.3, -0.25) is 9.36 Å². The van der Waals surface area contributed by atoms with Gasteiger partial charge in [0.05, 0.1) is 18.0 Å². The van der Waals surface area contributed by atoms with Gasteiger partial charge in [0.25, 0.3) is 0 Å². The van der Waals surface area contributed by atoms with E-state index in [9.17, 15) is 4.79 Å². The second kappa shape index (κ2) is 7.27. The minimum Gasteiger partial charge on any atom is -0.465 e. The Balaban J connectivity index is 2.10. The highest BCUT2D eigenvalue weighted by Crippen LogP contribution is 2.32. The van der Waals surface area contributed by atoms with E-state index in [0.717, 1.165) is 22.5 Å². The lowest BCUT2D eigenvalue weighted by Crippen LogP contribution is -2.09. The van der Waals surface area contributed by atoms with Crippen molar-refractivity contribution >= 4 is 28.5 Å². The van der Waals surface area contributed by atoms with Gasteiger partial charge in [-0.25, -0.2) is 0 Å². The second-order valence-electron chi connectivity index (χ2n) is 5.86. The molecule has 0 aliphatic rings. The van der Waals surface area contributed by atoms with Crippen LogP contribution in [0.4, 0.5) is 0 Å². The van der Waals surface area contributed by atoms with Crippen LogP contribution in [0.2, 0.25) is 0 Å². The Morgan fingerprint density at radius 3 is 2.56 bits per heavy atom. The number of hydrogen-bond donors (Lipinski definition) is 0. The zero-order valence-electron chi connectivity index (χ0n) is 14.9. The maximum atomic E-state index is 11.7. The van der Waals surface area contributed by atoms with E-state index in [2.05, 4.69) is 42.2 Å². The molecular formula is C19H21N3O2S. The molecule has 2 aromatic carbocycles. The van der Waals surface area contributed by atoms with E-state index in [1.165, 1.54) is 22.7 Å². The summed E-state index contributed by atoms with van der Waals surface area (Å²) >= 11 is 1.35. The fourth-order valence-electron chi connectivity index (χ4n) is 3.03. The van der Waals surface area contributed by atoms with Gasteiger partial charge in [0, 0.05) is 5.39 Å². The summed E-state index contributed by atoms with van der Waals surface area (Å²) in [6.07, 6.45) is 0. The van der Waals surface area contributed by atoms with Crippen LogP contribution in [-0.4, -0.2) is 33.1 Å². The van der Waals surface area contributed by atoms with Gasteiger partial charge < -0.3 is 4.74 Å². The van der Waals surface area contributed by atoms with E-state index < -0.39 is 0 Å². The van der Waals surface area contributed by atoms with Crippen LogP contribution in [0.15, 0.2) is 35.5 Å². The van der Waals surface area contributed by atoms with Crippen LogP contribution in [0.25, 0.3) is 16.5 Å². The zero-order valence-corrected chi connectivity index (χ0v) is 15.7. The Bertz CT molecular complexity index is 934. The highest BCUT2D eigenvalue weighted by Gasteiger charge is 2.18. The molecule has 25 heavy (non-hydrogen) atoms. The maximum absolute atomic E-state index is 11.7. The zero-order chi connectivity index (χ0) is 18.0. The van der Waals surface area contributed by atoms with Gasteiger partial charge in [-0.2, -0.15) is 0 Å². The van der Waals surface area contributed by atoms with E-state index >= 15 is 0 Å². The first-order chi connectivity index (χ1) is 12.0. The minimum absolute atomic E-state index is 0.217. The van der Waals surface area contributed by atoms with Gasteiger partial charge in [-0.05, 0) is 44.2 Å². The maximum Gasteiger partial charge on any atom is 0.316 e. The largest absolute Gasteiger partial charge is 0.465 e. The molecule has 130 valence electrons. The third-order valence-electron chi connectivity index (χ3n) is 4.06. The summed E-state index contributed by atoms with van der Waals surface area (Å²) in [4.78, 5) is 11.7. The molecule has 0 unspecified atom stereocenters. The third kappa shape index (κ3) is 3.39. The molecule has 0 radical (unpaired) electrons. The number of carbonyl (C=O) groups is 1. The van der Waals surface area contributed by atoms with Crippen LogP contribution in [0.3, 0.4) is 0 Å². The van der Waals surface area contributed by atoms with Crippen molar-refractivity contribution in [2.24, 2.45) is 0 Å². The van der Waals surface area contributed by atoms with Crippen molar-refractivity contribution in [2.75, 3.05) is 12.4 Å². The summed E-state index contributed by atoms with van der Waals surface area (Å²) in [5.74, 6) is 0.767. The summed E-state index contributed by atoms with van der Waals surface area (Å²) in [5, 5.41) is 11.5. The lowest BCUT2D eigenvalue weighted by molar-refractivity contribution is -0.139. The molecule has 1 heterocycles. The first-order valence-electron chi connectivity index (χ1n) is 8.22. The highest BCUT2D eigenvalue weighted by molar-refractivity contribution is 7.99. The second-order valence-corrected chi connectivity index (χ2v) is 6.81. The van der Waals surface area contributed by atoms with Crippen LogP contribution < -0.4 is 0 Å². The molecule has 0 aliphatic carbocycles. The monoisotopic (exact) mass is 355 g/mol. The number of ether oxygens (including phenoxy) is 1. The Morgan fingerprint density at radius 2 is 1.84 bits per heavy atom. The van der Waals surface area contributed by atoms with Gasteiger partial charge in [-0.1, -0.05) is 42.1 Å².